The first-order valence-electron chi connectivity index (χ1n) is 6.47. The van der Waals surface area contributed by atoms with E-state index in [1.807, 2.05) is 20.9 Å². The highest BCUT2D eigenvalue weighted by Gasteiger charge is 2.17. The fourth-order valence-corrected chi connectivity index (χ4v) is 2.10. The summed E-state index contributed by atoms with van der Waals surface area (Å²) >= 11 is 0. The summed E-state index contributed by atoms with van der Waals surface area (Å²) in [6, 6.07) is 2.92. The molecule has 108 valence electrons. The molecule has 20 heavy (non-hydrogen) atoms. The van der Waals surface area contributed by atoms with Gasteiger partial charge in [0.25, 0.3) is 0 Å². The second-order valence-corrected chi connectivity index (χ2v) is 5.04. The van der Waals surface area contributed by atoms with E-state index in [-0.39, 0.29) is 5.82 Å². The maximum absolute atomic E-state index is 13.6. The van der Waals surface area contributed by atoms with Gasteiger partial charge in [-0.3, -0.25) is 4.68 Å². The maximum atomic E-state index is 13.6. The molecule has 1 aromatic carbocycles. The molecule has 0 spiro atoms. The minimum absolute atomic E-state index is 0.354. The minimum atomic E-state index is -0.808. The molecule has 0 fully saturated rings. The van der Waals surface area contributed by atoms with Gasteiger partial charge in [0.1, 0.15) is 17.3 Å². The van der Waals surface area contributed by atoms with E-state index in [1.165, 1.54) is 6.07 Å². The van der Waals surface area contributed by atoms with Gasteiger partial charge in [-0.05, 0) is 45.4 Å². The molecular weight excluding hydrogens is 259 g/mol. The van der Waals surface area contributed by atoms with Crippen LogP contribution in [0.15, 0.2) is 12.1 Å². The van der Waals surface area contributed by atoms with Crippen LogP contribution < -0.4 is 4.74 Å². The van der Waals surface area contributed by atoms with Crippen molar-refractivity contribution < 1.29 is 14.2 Å². The number of aromatic nitrogens is 2. The molecule has 1 atom stereocenters. The Morgan fingerprint density at radius 3 is 2.45 bits per heavy atom. The molecule has 5 heteroatoms. The molecule has 1 heterocycles. The Kier molecular flexibility index (Phi) is 3.81. The maximum Gasteiger partial charge on any atom is 0.171 e. The molecule has 0 bridgehead atoms. The van der Waals surface area contributed by atoms with Crippen LogP contribution in [0.1, 0.15) is 35.5 Å². The lowest BCUT2D eigenvalue weighted by molar-refractivity contribution is 0.195. The first-order chi connectivity index (χ1) is 9.31. The van der Waals surface area contributed by atoms with Gasteiger partial charge in [0.05, 0.1) is 11.8 Å². The quantitative estimate of drug-likeness (QED) is 0.936. The summed E-state index contributed by atoms with van der Waals surface area (Å²) in [4.78, 5) is 0. The predicted octanol–water partition coefficient (Wildman–Crippen LogP) is 3.33. The van der Waals surface area contributed by atoms with Crippen LogP contribution in [0.5, 0.6) is 11.5 Å². The summed E-state index contributed by atoms with van der Waals surface area (Å²) in [6.07, 6.45) is -0.808. The van der Waals surface area contributed by atoms with Crippen LogP contribution in [-0.4, -0.2) is 14.9 Å². The number of hydrogen-bond donors (Lipinski definition) is 1. The molecule has 2 rings (SSSR count). The third kappa shape index (κ3) is 2.54. The Morgan fingerprint density at radius 1 is 1.30 bits per heavy atom. The fourth-order valence-electron chi connectivity index (χ4n) is 2.10. The molecule has 0 aliphatic heterocycles. The Labute approximate surface area is 117 Å². The zero-order valence-electron chi connectivity index (χ0n) is 12.4. The summed E-state index contributed by atoms with van der Waals surface area (Å²) in [6.45, 7) is 6.99. The average Bonchev–Trinajstić information content (AvgIpc) is 2.60. The number of nitrogens with zero attached hydrogens (tertiary/aromatic N) is 2. The third-order valence-electron chi connectivity index (χ3n) is 3.40. The first-order valence-corrected chi connectivity index (χ1v) is 6.47. The molecule has 1 N–H and O–H groups in total. The highest BCUT2D eigenvalue weighted by molar-refractivity contribution is 5.44. The van der Waals surface area contributed by atoms with Gasteiger partial charge in [-0.25, -0.2) is 4.39 Å². The Hall–Kier alpha value is -1.88. The van der Waals surface area contributed by atoms with Gasteiger partial charge in [0.2, 0.25) is 0 Å². The summed E-state index contributed by atoms with van der Waals surface area (Å²) in [7, 11) is 1.83. The largest absolute Gasteiger partial charge is 0.453 e. The van der Waals surface area contributed by atoms with Crippen molar-refractivity contribution in [2.75, 3.05) is 0 Å². The van der Waals surface area contributed by atoms with Crippen molar-refractivity contribution in [3.63, 3.8) is 0 Å². The monoisotopic (exact) mass is 278 g/mol. The molecule has 0 radical (unpaired) electrons. The van der Waals surface area contributed by atoms with Crippen LogP contribution in [0.2, 0.25) is 0 Å². The van der Waals surface area contributed by atoms with Gasteiger partial charge in [-0.2, -0.15) is 5.10 Å². The van der Waals surface area contributed by atoms with Crippen molar-refractivity contribution in [3.8, 4) is 11.5 Å². The van der Waals surface area contributed by atoms with Crippen molar-refractivity contribution >= 4 is 0 Å². The SMILES string of the molecule is Cc1cc(Oc2c(C)nn(C)c2C)c([C@H](C)O)cc1F. The van der Waals surface area contributed by atoms with Crippen molar-refractivity contribution in [3.05, 3.63) is 40.5 Å². The topological polar surface area (TPSA) is 47.3 Å². The molecule has 2 aromatic rings. The van der Waals surface area contributed by atoms with Crippen LogP contribution >= 0.6 is 0 Å². The molecule has 0 aliphatic carbocycles. The molecule has 0 unspecified atom stereocenters. The minimum Gasteiger partial charge on any atom is -0.453 e. The Balaban J connectivity index is 2.50. The van der Waals surface area contributed by atoms with E-state index in [0.717, 1.165) is 11.4 Å². The Bertz CT molecular complexity index is 648. The van der Waals surface area contributed by atoms with Gasteiger partial charge >= 0.3 is 0 Å². The van der Waals surface area contributed by atoms with Gasteiger partial charge in [-0.15, -0.1) is 0 Å². The molecule has 0 amide bonds. The van der Waals surface area contributed by atoms with Crippen LogP contribution in [-0.2, 0) is 7.05 Å². The zero-order valence-corrected chi connectivity index (χ0v) is 12.4. The standard InChI is InChI=1S/C15H19FN2O2/c1-8-6-14(12(11(4)19)7-13(8)16)20-15-9(2)17-18(5)10(15)3/h6-7,11,19H,1-5H3/t11-/m0/s1. The number of aliphatic hydroxyl groups excluding tert-OH is 1. The molecule has 0 aliphatic rings. The van der Waals surface area contributed by atoms with E-state index in [2.05, 4.69) is 5.10 Å². The van der Waals surface area contributed by atoms with Crippen LogP contribution in [0, 0.1) is 26.6 Å². The summed E-state index contributed by atoms with van der Waals surface area (Å²) in [5.74, 6) is 0.742. The van der Waals surface area contributed by atoms with Crippen LogP contribution in [0.4, 0.5) is 4.39 Å². The van der Waals surface area contributed by atoms with E-state index in [4.69, 9.17) is 4.74 Å². The van der Waals surface area contributed by atoms with Crippen LogP contribution in [0.3, 0.4) is 0 Å². The van der Waals surface area contributed by atoms with Crippen molar-refractivity contribution in [1.29, 1.82) is 0 Å². The second kappa shape index (κ2) is 5.25. The van der Waals surface area contributed by atoms with Crippen molar-refractivity contribution in [2.45, 2.75) is 33.8 Å². The predicted molar refractivity (Wildman–Crippen MR) is 74.5 cm³/mol. The van der Waals surface area contributed by atoms with Gasteiger partial charge in [-0.1, -0.05) is 0 Å². The summed E-state index contributed by atoms with van der Waals surface area (Å²) in [5, 5.41) is 14.1. The normalized spacial score (nSPS) is 12.6. The molecule has 1 aromatic heterocycles. The van der Waals surface area contributed by atoms with Crippen LogP contribution in [0.25, 0.3) is 0 Å². The summed E-state index contributed by atoms with van der Waals surface area (Å²) in [5.41, 5.74) is 2.53. The molecular formula is C15H19FN2O2. The second-order valence-electron chi connectivity index (χ2n) is 5.04. The fraction of sp³-hybridized carbons (Fsp3) is 0.400. The highest BCUT2D eigenvalue weighted by Crippen LogP contribution is 2.34. The highest BCUT2D eigenvalue weighted by atomic mass is 19.1. The smallest absolute Gasteiger partial charge is 0.171 e. The van der Waals surface area contributed by atoms with Gasteiger partial charge in [0, 0.05) is 12.6 Å². The number of benzene rings is 1. The third-order valence-corrected chi connectivity index (χ3v) is 3.40. The van der Waals surface area contributed by atoms with Gasteiger partial charge < -0.3 is 9.84 Å². The molecule has 4 nitrogen and oxygen atoms in total. The number of aliphatic hydroxyl groups is 1. The number of ether oxygens (including phenoxy) is 1. The lowest BCUT2D eigenvalue weighted by atomic mass is 10.1. The zero-order chi connectivity index (χ0) is 15.0. The van der Waals surface area contributed by atoms with Crippen molar-refractivity contribution in [1.82, 2.24) is 9.78 Å². The number of halogens is 1. The van der Waals surface area contributed by atoms with Crippen molar-refractivity contribution in [2.24, 2.45) is 7.05 Å². The number of aryl methyl sites for hydroxylation is 3. The van der Waals surface area contributed by atoms with Gasteiger partial charge in [0.15, 0.2) is 5.75 Å². The first kappa shape index (κ1) is 14.5. The van der Waals surface area contributed by atoms with E-state index in [9.17, 15) is 9.50 Å². The van der Waals surface area contributed by atoms with E-state index in [1.54, 1.807) is 24.6 Å². The molecule has 0 saturated heterocycles. The van der Waals surface area contributed by atoms with E-state index < -0.39 is 6.10 Å². The van der Waals surface area contributed by atoms with E-state index in [0.29, 0.717) is 22.6 Å². The number of hydrogen-bond acceptors (Lipinski definition) is 3. The lowest BCUT2D eigenvalue weighted by Gasteiger charge is -2.15. The lowest BCUT2D eigenvalue weighted by Crippen LogP contribution is -2.00. The van der Waals surface area contributed by atoms with E-state index >= 15 is 0 Å². The average molecular weight is 278 g/mol. The number of rotatable bonds is 3. The molecule has 0 saturated carbocycles. The Morgan fingerprint density at radius 2 is 1.95 bits per heavy atom. The summed E-state index contributed by atoms with van der Waals surface area (Å²) < 4.78 is 21.2.